The Morgan fingerprint density at radius 3 is 3.06 bits per heavy atom. The Labute approximate surface area is 101 Å². The van der Waals surface area contributed by atoms with E-state index in [4.69, 9.17) is 4.74 Å². The molecule has 2 atom stereocenters. The van der Waals surface area contributed by atoms with E-state index in [1.54, 1.807) is 6.33 Å². The van der Waals surface area contributed by atoms with Gasteiger partial charge in [0.2, 0.25) is 0 Å². The third-order valence-electron chi connectivity index (χ3n) is 4.31. The molecule has 1 aromatic rings. The van der Waals surface area contributed by atoms with Gasteiger partial charge in [-0.2, -0.15) is 5.10 Å². The van der Waals surface area contributed by atoms with E-state index < -0.39 is 0 Å². The predicted molar refractivity (Wildman–Crippen MR) is 63.4 cm³/mol. The molecule has 1 spiro atoms. The zero-order chi connectivity index (χ0) is 11.7. The van der Waals surface area contributed by atoms with E-state index in [0.717, 1.165) is 25.3 Å². The molecule has 1 aliphatic carbocycles. The molecule has 2 fully saturated rings. The molecule has 1 aliphatic heterocycles. The van der Waals surface area contributed by atoms with Crippen LogP contribution in [0.25, 0.3) is 0 Å². The third-order valence-corrected chi connectivity index (χ3v) is 4.31. The smallest absolute Gasteiger partial charge is 0.141 e. The van der Waals surface area contributed by atoms with Gasteiger partial charge in [0, 0.05) is 6.61 Å². The van der Waals surface area contributed by atoms with E-state index in [1.165, 1.54) is 19.3 Å². The van der Waals surface area contributed by atoms with Gasteiger partial charge >= 0.3 is 0 Å². The van der Waals surface area contributed by atoms with Crippen LogP contribution in [0.2, 0.25) is 0 Å². The van der Waals surface area contributed by atoms with Crippen molar-refractivity contribution in [3.8, 4) is 0 Å². The summed E-state index contributed by atoms with van der Waals surface area (Å²) in [6.07, 6.45) is 7.62. The molecule has 3 rings (SSSR count). The molecular formula is C12H20N4O. The zero-order valence-corrected chi connectivity index (χ0v) is 10.3. The van der Waals surface area contributed by atoms with E-state index in [-0.39, 0.29) is 11.6 Å². The van der Waals surface area contributed by atoms with Crippen molar-refractivity contribution in [2.45, 2.75) is 43.7 Å². The minimum atomic E-state index is 0.192. The van der Waals surface area contributed by atoms with Crippen molar-refractivity contribution in [3.63, 3.8) is 0 Å². The fraction of sp³-hybridized carbons (Fsp3) is 0.833. The van der Waals surface area contributed by atoms with Crippen molar-refractivity contribution in [1.82, 2.24) is 20.5 Å². The molecule has 1 aromatic heterocycles. The van der Waals surface area contributed by atoms with Crippen LogP contribution < -0.4 is 5.32 Å². The van der Waals surface area contributed by atoms with Gasteiger partial charge in [0.25, 0.3) is 0 Å². The first kappa shape index (κ1) is 11.2. The summed E-state index contributed by atoms with van der Waals surface area (Å²) in [6.45, 7) is 0.886. The second-order valence-electron chi connectivity index (χ2n) is 5.27. The minimum Gasteiger partial charge on any atom is -0.375 e. The number of nitrogens with one attached hydrogen (secondary N) is 2. The van der Waals surface area contributed by atoms with Crippen molar-refractivity contribution >= 4 is 0 Å². The van der Waals surface area contributed by atoms with Crippen LogP contribution in [0.3, 0.4) is 0 Å². The standard InChI is InChI=1S/C12H20N4O/c1-13-10(11-14-8-15-16-11)9-3-6-17-12(7-9)4-2-5-12/h8-10,13H,2-7H2,1H3,(H,14,15,16). The average Bonchev–Trinajstić information content (AvgIpc) is 2.82. The number of H-pyrrole nitrogens is 1. The number of aromatic nitrogens is 3. The lowest BCUT2D eigenvalue weighted by atomic mass is 9.70. The molecule has 2 heterocycles. The second-order valence-corrected chi connectivity index (χ2v) is 5.27. The van der Waals surface area contributed by atoms with E-state index in [1.807, 2.05) is 7.05 Å². The largest absolute Gasteiger partial charge is 0.375 e. The number of hydrogen-bond acceptors (Lipinski definition) is 4. The van der Waals surface area contributed by atoms with Gasteiger partial charge < -0.3 is 10.1 Å². The highest BCUT2D eigenvalue weighted by atomic mass is 16.5. The van der Waals surface area contributed by atoms with Gasteiger partial charge in [-0.3, -0.25) is 5.10 Å². The summed E-state index contributed by atoms with van der Waals surface area (Å²) in [6, 6.07) is 0.277. The van der Waals surface area contributed by atoms with Crippen LogP contribution in [0.1, 0.15) is 44.0 Å². The number of ether oxygens (including phenoxy) is 1. The summed E-state index contributed by atoms with van der Waals surface area (Å²) in [5.74, 6) is 1.55. The van der Waals surface area contributed by atoms with E-state index in [0.29, 0.717) is 5.92 Å². The fourth-order valence-corrected chi connectivity index (χ4v) is 3.23. The first-order valence-corrected chi connectivity index (χ1v) is 6.49. The summed E-state index contributed by atoms with van der Waals surface area (Å²) in [4.78, 5) is 4.28. The molecular weight excluding hydrogens is 216 g/mol. The van der Waals surface area contributed by atoms with Gasteiger partial charge in [-0.1, -0.05) is 0 Å². The summed E-state index contributed by atoms with van der Waals surface area (Å²) in [5.41, 5.74) is 0.192. The monoisotopic (exact) mass is 236 g/mol. The third kappa shape index (κ3) is 1.98. The van der Waals surface area contributed by atoms with Crippen molar-refractivity contribution in [1.29, 1.82) is 0 Å². The van der Waals surface area contributed by atoms with Gasteiger partial charge in [0.05, 0.1) is 11.6 Å². The number of nitrogens with zero attached hydrogens (tertiary/aromatic N) is 2. The SMILES string of the molecule is CNC(c1ncn[nH]1)C1CCOC2(CCC2)C1. The average molecular weight is 236 g/mol. The quantitative estimate of drug-likeness (QED) is 0.833. The van der Waals surface area contributed by atoms with Crippen LogP contribution in [0.5, 0.6) is 0 Å². The number of hydrogen-bond donors (Lipinski definition) is 2. The summed E-state index contributed by atoms with van der Waals surface area (Å²) >= 11 is 0. The Balaban J connectivity index is 1.73. The maximum atomic E-state index is 5.97. The molecule has 94 valence electrons. The Morgan fingerprint density at radius 2 is 2.47 bits per heavy atom. The molecule has 2 N–H and O–H groups in total. The lowest BCUT2D eigenvalue weighted by Crippen LogP contribution is -2.47. The minimum absolute atomic E-state index is 0.192. The Bertz CT molecular complexity index is 361. The lowest BCUT2D eigenvalue weighted by molar-refractivity contribution is -0.147. The van der Waals surface area contributed by atoms with Gasteiger partial charge in [0.15, 0.2) is 0 Å². The van der Waals surface area contributed by atoms with Gasteiger partial charge in [-0.15, -0.1) is 0 Å². The van der Waals surface area contributed by atoms with E-state index in [2.05, 4.69) is 20.5 Å². The molecule has 2 unspecified atom stereocenters. The van der Waals surface area contributed by atoms with Crippen molar-refractivity contribution in [3.05, 3.63) is 12.2 Å². The molecule has 1 saturated heterocycles. The molecule has 1 saturated carbocycles. The van der Waals surface area contributed by atoms with Crippen molar-refractivity contribution < 1.29 is 4.74 Å². The summed E-state index contributed by atoms with van der Waals surface area (Å²) < 4.78 is 5.97. The van der Waals surface area contributed by atoms with Crippen LogP contribution in [-0.2, 0) is 4.74 Å². The molecule has 5 nitrogen and oxygen atoms in total. The zero-order valence-electron chi connectivity index (χ0n) is 10.3. The molecule has 0 radical (unpaired) electrons. The van der Waals surface area contributed by atoms with Crippen LogP contribution in [0, 0.1) is 5.92 Å². The summed E-state index contributed by atoms with van der Waals surface area (Å²) in [7, 11) is 2.00. The maximum Gasteiger partial charge on any atom is 0.141 e. The Hall–Kier alpha value is -0.940. The lowest BCUT2D eigenvalue weighted by Gasteiger charge is -2.48. The highest BCUT2D eigenvalue weighted by Gasteiger charge is 2.44. The Kier molecular flexibility index (Phi) is 2.88. The Morgan fingerprint density at radius 1 is 1.59 bits per heavy atom. The highest BCUT2D eigenvalue weighted by Crippen LogP contribution is 2.46. The van der Waals surface area contributed by atoms with Gasteiger partial charge in [-0.25, -0.2) is 4.98 Å². The maximum absolute atomic E-state index is 5.97. The van der Waals surface area contributed by atoms with Crippen molar-refractivity contribution in [2.24, 2.45) is 5.92 Å². The first-order chi connectivity index (χ1) is 8.33. The molecule has 2 aliphatic rings. The van der Waals surface area contributed by atoms with Crippen LogP contribution in [0.4, 0.5) is 0 Å². The van der Waals surface area contributed by atoms with Crippen molar-refractivity contribution in [2.75, 3.05) is 13.7 Å². The normalized spacial score (nSPS) is 28.9. The number of rotatable bonds is 3. The summed E-state index contributed by atoms with van der Waals surface area (Å²) in [5, 5.41) is 10.3. The number of aromatic amines is 1. The van der Waals surface area contributed by atoms with Gasteiger partial charge in [0.1, 0.15) is 12.2 Å². The topological polar surface area (TPSA) is 62.8 Å². The highest BCUT2D eigenvalue weighted by molar-refractivity contribution is 5.01. The first-order valence-electron chi connectivity index (χ1n) is 6.49. The predicted octanol–water partition coefficient (Wildman–Crippen LogP) is 1.41. The van der Waals surface area contributed by atoms with Crippen LogP contribution >= 0.6 is 0 Å². The fourth-order valence-electron chi connectivity index (χ4n) is 3.23. The molecule has 5 heteroatoms. The van der Waals surface area contributed by atoms with Crippen LogP contribution in [0.15, 0.2) is 6.33 Å². The molecule has 17 heavy (non-hydrogen) atoms. The second kappa shape index (κ2) is 4.38. The van der Waals surface area contributed by atoms with E-state index in [9.17, 15) is 0 Å². The molecule has 0 amide bonds. The molecule has 0 aromatic carbocycles. The van der Waals surface area contributed by atoms with Crippen LogP contribution in [-0.4, -0.2) is 34.4 Å². The molecule has 0 bridgehead atoms. The van der Waals surface area contributed by atoms with Gasteiger partial charge in [-0.05, 0) is 45.1 Å². The van der Waals surface area contributed by atoms with E-state index >= 15 is 0 Å².